The molecule has 0 amide bonds. The van der Waals surface area contributed by atoms with E-state index in [2.05, 4.69) is 10.1 Å². The van der Waals surface area contributed by atoms with Gasteiger partial charge in [0, 0.05) is 25.2 Å². The molecule has 1 aliphatic rings. The molecule has 0 radical (unpaired) electrons. The lowest BCUT2D eigenvalue weighted by Crippen LogP contribution is -2.22. The second-order valence-corrected chi connectivity index (χ2v) is 4.23. The Morgan fingerprint density at radius 3 is 2.50 bits per heavy atom. The summed E-state index contributed by atoms with van der Waals surface area (Å²) < 4.78 is 30.9. The number of halogens is 2. The highest BCUT2D eigenvalue weighted by atomic mass is 19.3. The van der Waals surface area contributed by atoms with Crippen molar-refractivity contribution in [1.29, 1.82) is 0 Å². The monoisotopic (exact) mass is 202 g/mol. The van der Waals surface area contributed by atoms with Crippen molar-refractivity contribution in [2.45, 2.75) is 44.4 Å². The van der Waals surface area contributed by atoms with Gasteiger partial charge in [-0.2, -0.15) is 4.98 Å². The smallest absolute Gasteiger partial charge is 0.249 e. The van der Waals surface area contributed by atoms with E-state index < -0.39 is 11.3 Å². The molecule has 0 spiro atoms. The molecule has 1 fully saturated rings. The standard InChI is InChI=1S/C9H12F2N2O/c1-6-12-7(13-14-6)8(2)3-4-9(10,11)5-8/h3-5H2,1-2H3. The minimum Gasteiger partial charge on any atom is -0.340 e. The Morgan fingerprint density at radius 1 is 1.36 bits per heavy atom. The number of aromatic nitrogens is 2. The number of hydrogen-bond acceptors (Lipinski definition) is 3. The van der Waals surface area contributed by atoms with Crippen LogP contribution in [0.25, 0.3) is 0 Å². The Balaban J connectivity index is 2.27. The number of alkyl halides is 2. The normalized spacial score (nSPS) is 30.9. The van der Waals surface area contributed by atoms with Crippen molar-refractivity contribution in [3.8, 4) is 0 Å². The average molecular weight is 202 g/mol. The maximum atomic E-state index is 13.0. The summed E-state index contributed by atoms with van der Waals surface area (Å²) in [6.45, 7) is 3.42. The van der Waals surface area contributed by atoms with Gasteiger partial charge < -0.3 is 4.52 Å². The van der Waals surface area contributed by atoms with Gasteiger partial charge in [-0.1, -0.05) is 12.1 Å². The molecule has 1 saturated carbocycles. The SMILES string of the molecule is Cc1nc(C2(C)CCC(F)(F)C2)no1. The Labute approximate surface area is 80.5 Å². The van der Waals surface area contributed by atoms with Crippen molar-refractivity contribution in [3.05, 3.63) is 11.7 Å². The first-order valence-corrected chi connectivity index (χ1v) is 4.60. The van der Waals surface area contributed by atoms with Crippen LogP contribution in [-0.2, 0) is 5.41 Å². The van der Waals surface area contributed by atoms with Gasteiger partial charge in [-0.15, -0.1) is 0 Å². The molecule has 0 aliphatic heterocycles. The summed E-state index contributed by atoms with van der Waals surface area (Å²) in [5.74, 6) is -1.74. The molecule has 5 heteroatoms. The zero-order chi connectivity index (χ0) is 10.4. The second kappa shape index (κ2) is 2.74. The molecule has 78 valence electrons. The molecule has 3 nitrogen and oxygen atoms in total. The van der Waals surface area contributed by atoms with Crippen LogP contribution in [0.15, 0.2) is 4.52 Å². The molecule has 1 heterocycles. The van der Waals surface area contributed by atoms with Crippen molar-refractivity contribution >= 4 is 0 Å². The van der Waals surface area contributed by atoms with E-state index in [1.807, 2.05) is 0 Å². The molecular formula is C9H12F2N2O. The fourth-order valence-corrected chi connectivity index (χ4v) is 1.94. The average Bonchev–Trinajstić information content (AvgIpc) is 2.57. The number of rotatable bonds is 1. The minimum absolute atomic E-state index is 0.0862. The Hall–Kier alpha value is -1.00. The molecule has 1 unspecified atom stereocenters. The summed E-state index contributed by atoms with van der Waals surface area (Å²) in [7, 11) is 0. The van der Waals surface area contributed by atoms with Gasteiger partial charge in [-0.25, -0.2) is 8.78 Å². The van der Waals surface area contributed by atoms with Gasteiger partial charge in [-0.05, 0) is 6.42 Å². The van der Waals surface area contributed by atoms with Crippen LogP contribution < -0.4 is 0 Å². The molecule has 1 atom stereocenters. The Bertz CT molecular complexity index is 350. The zero-order valence-corrected chi connectivity index (χ0v) is 8.18. The van der Waals surface area contributed by atoms with Crippen LogP contribution in [0.4, 0.5) is 8.78 Å². The first kappa shape index (κ1) is 9.55. The van der Waals surface area contributed by atoms with Crippen LogP contribution in [0.5, 0.6) is 0 Å². The van der Waals surface area contributed by atoms with Crippen LogP contribution in [0.3, 0.4) is 0 Å². The molecular weight excluding hydrogens is 190 g/mol. The summed E-state index contributed by atoms with van der Waals surface area (Å²) in [5, 5.41) is 3.72. The summed E-state index contributed by atoms with van der Waals surface area (Å²) in [4.78, 5) is 4.02. The van der Waals surface area contributed by atoms with Gasteiger partial charge in [0.2, 0.25) is 11.8 Å². The van der Waals surface area contributed by atoms with E-state index in [4.69, 9.17) is 4.52 Å². The third-order valence-corrected chi connectivity index (χ3v) is 2.76. The molecule has 1 aromatic heterocycles. The van der Waals surface area contributed by atoms with Crippen molar-refractivity contribution in [2.75, 3.05) is 0 Å². The van der Waals surface area contributed by atoms with Gasteiger partial charge in [0.1, 0.15) is 0 Å². The lowest BCUT2D eigenvalue weighted by Gasteiger charge is -2.18. The number of aryl methyl sites for hydroxylation is 1. The Kier molecular flexibility index (Phi) is 1.87. The molecule has 0 bridgehead atoms. The van der Waals surface area contributed by atoms with Crippen molar-refractivity contribution < 1.29 is 13.3 Å². The van der Waals surface area contributed by atoms with Gasteiger partial charge in [0.15, 0.2) is 5.82 Å². The highest BCUT2D eigenvalue weighted by Gasteiger charge is 2.49. The van der Waals surface area contributed by atoms with E-state index in [1.165, 1.54) is 0 Å². The molecule has 0 aromatic carbocycles. The van der Waals surface area contributed by atoms with Crippen molar-refractivity contribution in [1.82, 2.24) is 10.1 Å². The second-order valence-electron chi connectivity index (χ2n) is 4.23. The van der Waals surface area contributed by atoms with E-state index >= 15 is 0 Å². The van der Waals surface area contributed by atoms with Crippen LogP contribution in [0.1, 0.15) is 37.9 Å². The summed E-state index contributed by atoms with van der Waals surface area (Å²) in [5.41, 5.74) is -0.624. The molecule has 2 rings (SSSR count). The van der Waals surface area contributed by atoms with Crippen LogP contribution in [0, 0.1) is 6.92 Å². The molecule has 1 aromatic rings. The van der Waals surface area contributed by atoms with E-state index in [-0.39, 0.29) is 12.8 Å². The fourth-order valence-electron chi connectivity index (χ4n) is 1.94. The predicted octanol–water partition coefficient (Wildman–Crippen LogP) is 2.45. The van der Waals surface area contributed by atoms with Gasteiger partial charge in [0.25, 0.3) is 0 Å². The summed E-state index contributed by atoms with van der Waals surface area (Å²) >= 11 is 0. The first-order valence-electron chi connectivity index (χ1n) is 4.60. The van der Waals surface area contributed by atoms with E-state index in [0.717, 1.165) is 0 Å². The quantitative estimate of drug-likeness (QED) is 0.702. The number of hydrogen-bond donors (Lipinski definition) is 0. The largest absolute Gasteiger partial charge is 0.340 e. The first-order chi connectivity index (χ1) is 6.41. The fraction of sp³-hybridized carbons (Fsp3) is 0.778. The van der Waals surface area contributed by atoms with Crippen molar-refractivity contribution in [2.24, 2.45) is 0 Å². The van der Waals surface area contributed by atoms with E-state index in [0.29, 0.717) is 18.1 Å². The molecule has 1 aliphatic carbocycles. The van der Waals surface area contributed by atoms with E-state index in [9.17, 15) is 8.78 Å². The van der Waals surface area contributed by atoms with Gasteiger partial charge in [-0.3, -0.25) is 0 Å². The lowest BCUT2D eigenvalue weighted by molar-refractivity contribution is 0.00303. The maximum Gasteiger partial charge on any atom is 0.249 e. The predicted molar refractivity (Wildman–Crippen MR) is 45.2 cm³/mol. The summed E-state index contributed by atoms with van der Waals surface area (Å²) in [6.07, 6.45) is 0.148. The van der Waals surface area contributed by atoms with Gasteiger partial charge >= 0.3 is 0 Å². The third kappa shape index (κ3) is 1.51. The van der Waals surface area contributed by atoms with Gasteiger partial charge in [0.05, 0.1) is 0 Å². The highest BCUT2D eigenvalue weighted by molar-refractivity contribution is 5.10. The highest BCUT2D eigenvalue weighted by Crippen LogP contribution is 2.47. The lowest BCUT2D eigenvalue weighted by atomic mass is 9.88. The third-order valence-electron chi connectivity index (χ3n) is 2.76. The molecule has 0 saturated heterocycles. The summed E-state index contributed by atoms with van der Waals surface area (Å²) in [6, 6.07) is 0. The minimum atomic E-state index is -2.58. The number of nitrogens with zero attached hydrogens (tertiary/aromatic N) is 2. The zero-order valence-electron chi connectivity index (χ0n) is 8.18. The van der Waals surface area contributed by atoms with Crippen molar-refractivity contribution in [3.63, 3.8) is 0 Å². The molecule has 0 N–H and O–H groups in total. The maximum absolute atomic E-state index is 13.0. The van der Waals surface area contributed by atoms with Crippen LogP contribution in [0.2, 0.25) is 0 Å². The Morgan fingerprint density at radius 2 is 2.07 bits per heavy atom. The van der Waals surface area contributed by atoms with Crippen LogP contribution in [-0.4, -0.2) is 16.1 Å². The van der Waals surface area contributed by atoms with Crippen LogP contribution >= 0.6 is 0 Å². The topological polar surface area (TPSA) is 38.9 Å². The molecule has 14 heavy (non-hydrogen) atoms. The van der Waals surface area contributed by atoms with E-state index in [1.54, 1.807) is 13.8 Å².